The first-order valence-corrected chi connectivity index (χ1v) is 9.34. The number of para-hydroxylation sites is 1. The second kappa shape index (κ2) is 9.85. The minimum Gasteiger partial charge on any atom is -0.370 e. The summed E-state index contributed by atoms with van der Waals surface area (Å²) in [6.45, 7) is 3.95. The Balaban J connectivity index is 1.54. The molecule has 6 nitrogen and oxygen atoms in total. The molecule has 1 heterocycles. The second-order valence-electron chi connectivity index (χ2n) is 6.62. The highest BCUT2D eigenvalue weighted by Crippen LogP contribution is 2.14. The third kappa shape index (κ3) is 5.91. The monoisotopic (exact) mass is 368 g/mol. The van der Waals surface area contributed by atoms with E-state index >= 15 is 0 Å². The van der Waals surface area contributed by atoms with Gasteiger partial charge in [0, 0.05) is 6.54 Å². The standard InChI is InChI=1S/C21H25N3O3/c25-20(16-24-12-14-27-15-13-24)23-19-9-5-4-8-18(19)21(26)22-11-10-17-6-2-1-3-7-17/h1-9H,10-16H2,(H,22,26)(H,23,25)/p+1. The molecule has 0 aliphatic carbocycles. The smallest absolute Gasteiger partial charge is 0.279 e. The molecule has 3 N–H and O–H groups in total. The van der Waals surface area contributed by atoms with Crippen LogP contribution in [0, 0.1) is 0 Å². The number of amides is 2. The Morgan fingerprint density at radius 1 is 0.963 bits per heavy atom. The highest BCUT2D eigenvalue weighted by molar-refractivity contribution is 6.03. The molecule has 2 aromatic rings. The van der Waals surface area contributed by atoms with E-state index in [4.69, 9.17) is 4.74 Å². The van der Waals surface area contributed by atoms with Crippen molar-refractivity contribution in [1.29, 1.82) is 0 Å². The molecule has 1 aliphatic heterocycles. The Morgan fingerprint density at radius 3 is 2.44 bits per heavy atom. The molecule has 0 radical (unpaired) electrons. The maximum atomic E-state index is 12.5. The Hall–Kier alpha value is -2.70. The number of carbonyl (C=O) groups is 2. The number of morpholine rings is 1. The number of nitrogens with one attached hydrogen (secondary N) is 3. The molecule has 2 aromatic carbocycles. The van der Waals surface area contributed by atoms with Crippen molar-refractivity contribution in [2.45, 2.75) is 6.42 Å². The first-order valence-electron chi connectivity index (χ1n) is 9.34. The number of carbonyl (C=O) groups excluding carboxylic acids is 2. The first-order chi connectivity index (χ1) is 13.2. The van der Waals surface area contributed by atoms with Crippen molar-refractivity contribution < 1.29 is 19.2 Å². The van der Waals surface area contributed by atoms with Crippen LogP contribution in [0.3, 0.4) is 0 Å². The maximum Gasteiger partial charge on any atom is 0.279 e. The summed E-state index contributed by atoms with van der Waals surface area (Å²) < 4.78 is 5.31. The van der Waals surface area contributed by atoms with Crippen LogP contribution in [0.1, 0.15) is 15.9 Å². The highest BCUT2D eigenvalue weighted by atomic mass is 16.5. The summed E-state index contributed by atoms with van der Waals surface area (Å²) in [5, 5.41) is 5.82. The molecule has 142 valence electrons. The largest absolute Gasteiger partial charge is 0.370 e. The van der Waals surface area contributed by atoms with Crippen LogP contribution in [0.5, 0.6) is 0 Å². The van der Waals surface area contributed by atoms with Crippen LogP contribution in [0.25, 0.3) is 0 Å². The van der Waals surface area contributed by atoms with Crippen molar-refractivity contribution in [3.05, 3.63) is 65.7 Å². The maximum absolute atomic E-state index is 12.5. The van der Waals surface area contributed by atoms with Crippen molar-refractivity contribution in [3.63, 3.8) is 0 Å². The van der Waals surface area contributed by atoms with Gasteiger partial charge in [-0.15, -0.1) is 0 Å². The predicted octanol–water partition coefficient (Wildman–Crippen LogP) is 0.513. The van der Waals surface area contributed by atoms with Gasteiger partial charge in [0.2, 0.25) is 0 Å². The first kappa shape index (κ1) is 19.1. The van der Waals surface area contributed by atoms with Gasteiger partial charge in [-0.1, -0.05) is 42.5 Å². The normalized spacial score (nSPS) is 14.5. The van der Waals surface area contributed by atoms with Gasteiger partial charge in [-0.2, -0.15) is 0 Å². The van der Waals surface area contributed by atoms with E-state index in [-0.39, 0.29) is 11.8 Å². The fourth-order valence-corrected chi connectivity index (χ4v) is 3.11. The molecule has 0 spiro atoms. The third-order valence-corrected chi connectivity index (χ3v) is 4.60. The molecule has 0 bridgehead atoms. The zero-order valence-electron chi connectivity index (χ0n) is 15.4. The number of hydrogen-bond donors (Lipinski definition) is 3. The van der Waals surface area contributed by atoms with Crippen LogP contribution in [0.2, 0.25) is 0 Å². The highest BCUT2D eigenvalue weighted by Gasteiger charge is 2.19. The van der Waals surface area contributed by atoms with Gasteiger partial charge >= 0.3 is 0 Å². The fraction of sp³-hybridized carbons (Fsp3) is 0.333. The lowest BCUT2D eigenvalue weighted by Crippen LogP contribution is -3.15. The minimum atomic E-state index is -0.180. The summed E-state index contributed by atoms with van der Waals surface area (Å²) in [4.78, 5) is 26.1. The van der Waals surface area contributed by atoms with Gasteiger partial charge in [0.1, 0.15) is 13.1 Å². The van der Waals surface area contributed by atoms with E-state index in [0.29, 0.717) is 37.6 Å². The van der Waals surface area contributed by atoms with Gasteiger partial charge in [-0.3, -0.25) is 9.59 Å². The molecule has 2 amide bonds. The Morgan fingerprint density at radius 2 is 1.67 bits per heavy atom. The van der Waals surface area contributed by atoms with Gasteiger partial charge in [-0.25, -0.2) is 0 Å². The molecule has 1 aliphatic rings. The zero-order chi connectivity index (χ0) is 18.9. The Labute approximate surface area is 159 Å². The van der Waals surface area contributed by atoms with Gasteiger partial charge in [0.15, 0.2) is 6.54 Å². The molecule has 6 heteroatoms. The summed E-state index contributed by atoms with van der Waals surface area (Å²) in [5.74, 6) is -0.267. The number of hydrogen-bond acceptors (Lipinski definition) is 3. The van der Waals surface area contributed by atoms with E-state index in [1.165, 1.54) is 10.5 Å². The second-order valence-corrected chi connectivity index (χ2v) is 6.62. The number of benzene rings is 2. The van der Waals surface area contributed by atoms with E-state index in [1.807, 2.05) is 36.4 Å². The van der Waals surface area contributed by atoms with E-state index in [2.05, 4.69) is 10.6 Å². The summed E-state index contributed by atoms with van der Waals surface area (Å²) in [6.07, 6.45) is 0.765. The topological polar surface area (TPSA) is 71.9 Å². The molecule has 0 atom stereocenters. The molecule has 1 saturated heterocycles. The van der Waals surface area contributed by atoms with E-state index in [9.17, 15) is 9.59 Å². The summed E-state index contributed by atoms with van der Waals surface area (Å²) >= 11 is 0. The molecule has 1 fully saturated rings. The van der Waals surface area contributed by atoms with Crippen LogP contribution in [0.4, 0.5) is 5.69 Å². The molecule has 0 saturated carbocycles. The quantitative estimate of drug-likeness (QED) is 0.667. The van der Waals surface area contributed by atoms with Gasteiger partial charge < -0.3 is 20.3 Å². The van der Waals surface area contributed by atoms with Gasteiger partial charge in [-0.05, 0) is 24.1 Å². The Bertz CT molecular complexity index is 758. The van der Waals surface area contributed by atoms with Crippen molar-refractivity contribution in [2.75, 3.05) is 44.7 Å². The number of anilines is 1. The van der Waals surface area contributed by atoms with Gasteiger partial charge in [0.25, 0.3) is 11.8 Å². The summed E-state index contributed by atoms with van der Waals surface area (Å²) in [5.41, 5.74) is 2.20. The lowest BCUT2D eigenvalue weighted by atomic mass is 10.1. The molecule has 3 rings (SSSR count). The molecule has 0 unspecified atom stereocenters. The number of rotatable bonds is 7. The average molecular weight is 368 g/mol. The number of quaternary nitrogens is 1. The lowest BCUT2D eigenvalue weighted by Gasteiger charge is -2.23. The molecule has 0 aromatic heterocycles. The van der Waals surface area contributed by atoms with Crippen LogP contribution in [-0.2, 0) is 16.0 Å². The van der Waals surface area contributed by atoms with Crippen LogP contribution < -0.4 is 15.5 Å². The van der Waals surface area contributed by atoms with Crippen molar-refractivity contribution >= 4 is 17.5 Å². The minimum absolute atomic E-state index is 0.0866. The predicted molar refractivity (Wildman–Crippen MR) is 104 cm³/mol. The van der Waals surface area contributed by atoms with E-state index in [1.54, 1.807) is 18.2 Å². The van der Waals surface area contributed by atoms with Crippen LogP contribution in [-0.4, -0.2) is 51.2 Å². The fourth-order valence-electron chi connectivity index (χ4n) is 3.11. The number of ether oxygens (including phenoxy) is 1. The van der Waals surface area contributed by atoms with Crippen LogP contribution >= 0.6 is 0 Å². The van der Waals surface area contributed by atoms with Crippen molar-refractivity contribution in [2.24, 2.45) is 0 Å². The summed E-state index contributed by atoms with van der Waals surface area (Å²) in [7, 11) is 0. The summed E-state index contributed by atoms with van der Waals surface area (Å²) in [6, 6.07) is 17.1. The zero-order valence-corrected chi connectivity index (χ0v) is 15.4. The van der Waals surface area contributed by atoms with Crippen LogP contribution in [0.15, 0.2) is 54.6 Å². The van der Waals surface area contributed by atoms with E-state index < -0.39 is 0 Å². The molecular weight excluding hydrogens is 342 g/mol. The van der Waals surface area contributed by atoms with Crippen molar-refractivity contribution in [1.82, 2.24) is 5.32 Å². The third-order valence-electron chi connectivity index (χ3n) is 4.60. The lowest BCUT2D eigenvalue weighted by molar-refractivity contribution is -0.899. The van der Waals surface area contributed by atoms with Gasteiger partial charge in [0.05, 0.1) is 24.5 Å². The average Bonchev–Trinajstić information content (AvgIpc) is 2.70. The molecule has 27 heavy (non-hydrogen) atoms. The Kier molecular flexibility index (Phi) is 6.96. The molecular formula is C21H26N3O3+. The SMILES string of the molecule is O=C(C[NH+]1CCOCC1)Nc1ccccc1C(=O)NCCc1ccccc1. The van der Waals surface area contributed by atoms with E-state index in [0.717, 1.165) is 19.5 Å². The van der Waals surface area contributed by atoms with Crippen molar-refractivity contribution in [3.8, 4) is 0 Å².